The molecule has 0 spiro atoms. The number of aliphatic hydroxyl groups is 4. The summed E-state index contributed by atoms with van der Waals surface area (Å²) in [5, 5.41) is 58.9. The van der Waals surface area contributed by atoms with Crippen molar-refractivity contribution in [2.75, 3.05) is 6.61 Å². The van der Waals surface area contributed by atoms with Crippen molar-refractivity contribution >= 4 is 29.1 Å². The van der Waals surface area contributed by atoms with Crippen LogP contribution in [-0.4, -0.2) is 67.2 Å². The zero-order valence-corrected chi connectivity index (χ0v) is 28.9. The maximum absolute atomic E-state index is 14.5. The number of allylic oxidation sites excluding steroid dienone is 1. The van der Waals surface area contributed by atoms with Crippen molar-refractivity contribution in [1.82, 2.24) is 0 Å². The fraction of sp³-hybridized carbons (Fsp3) is 0.366. The zero-order chi connectivity index (χ0) is 36.9. The second kappa shape index (κ2) is 11.7. The highest BCUT2D eigenvalue weighted by atomic mass is 16.5. The maximum Gasteiger partial charge on any atom is 0.310 e. The largest absolute Gasteiger partial charge is 0.508 e. The van der Waals surface area contributed by atoms with Crippen LogP contribution in [0.2, 0.25) is 0 Å². The molecule has 0 radical (unpaired) electrons. The van der Waals surface area contributed by atoms with Gasteiger partial charge in [-0.2, -0.15) is 0 Å². The van der Waals surface area contributed by atoms with Crippen LogP contribution in [0.15, 0.2) is 77.6 Å². The monoisotopic (exact) mass is 692 g/mol. The van der Waals surface area contributed by atoms with Gasteiger partial charge in [0.2, 0.25) is 5.78 Å². The first kappa shape index (κ1) is 34.4. The van der Waals surface area contributed by atoms with E-state index in [0.717, 1.165) is 29.2 Å². The van der Waals surface area contributed by atoms with Gasteiger partial charge in [-0.1, -0.05) is 88.4 Å². The average molecular weight is 693 g/mol. The van der Waals surface area contributed by atoms with E-state index in [-0.39, 0.29) is 30.1 Å². The molecule has 3 aromatic carbocycles. The lowest BCUT2D eigenvalue weighted by Gasteiger charge is -2.60. The lowest BCUT2D eigenvalue weighted by atomic mass is 9.44. The number of rotatable bonds is 6. The van der Waals surface area contributed by atoms with Gasteiger partial charge in [-0.25, -0.2) is 0 Å². The third kappa shape index (κ3) is 4.48. The van der Waals surface area contributed by atoms with Crippen molar-refractivity contribution in [1.29, 1.82) is 0 Å². The summed E-state index contributed by atoms with van der Waals surface area (Å²) in [5.74, 6) is -9.78. The molecule has 4 aliphatic carbocycles. The smallest absolute Gasteiger partial charge is 0.310 e. The minimum absolute atomic E-state index is 0.0649. The van der Waals surface area contributed by atoms with E-state index in [2.05, 4.69) is 0 Å². The number of carbonyl (C=O) groups is 4. The van der Waals surface area contributed by atoms with Gasteiger partial charge in [-0.05, 0) is 46.6 Å². The van der Waals surface area contributed by atoms with Gasteiger partial charge < -0.3 is 30.3 Å². The number of esters is 1. The SMILES string of the molecule is CC(=O)C1=C(O)[C@]2(O)C(=O)C3=C(O)c4c(ccc(CC(=O)OCC5c6ccccc6-c6ccccc65)c4O)[C@@H](C)[C@@H]3[C@@H](O)[C@]2(C)C(C(C)C)C1=O. The molecule has 10 heteroatoms. The molecule has 0 bridgehead atoms. The summed E-state index contributed by atoms with van der Waals surface area (Å²) in [7, 11) is 0. The zero-order valence-electron chi connectivity index (χ0n) is 28.9. The van der Waals surface area contributed by atoms with Gasteiger partial charge in [0.05, 0.1) is 18.1 Å². The predicted molar refractivity (Wildman–Crippen MR) is 186 cm³/mol. The molecule has 51 heavy (non-hydrogen) atoms. The molecule has 6 atom stereocenters. The van der Waals surface area contributed by atoms with Crippen LogP contribution < -0.4 is 0 Å². The fourth-order valence-electron chi connectivity index (χ4n) is 9.53. The number of hydrogen-bond acceptors (Lipinski definition) is 10. The van der Waals surface area contributed by atoms with E-state index < -0.39 is 92.5 Å². The minimum Gasteiger partial charge on any atom is -0.508 e. The van der Waals surface area contributed by atoms with Crippen LogP contribution in [0, 0.1) is 23.2 Å². The van der Waals surface area contributed by atoms with E-state index in [0.29, 0.717) is 5.56 Å². The number of benzene rings is 3. The number of aliphatic hydroxyl groups excluding tert-OH is 3. The van der Waals surface area contributed by atoms with Gasteiger partial charge in [0.1, 0.15) is 29.4 Å². The Hall–Kier alpha value is -5.06. The summed E-state index contributed by atoms with van der Waals surface area (Å²) in [4.78, 5) is 54.0. The summed E-state index contributed by atoms with van der Waals surface area (Å²) < 4.78 is 5.74. The first-order valence-electron chi connectivity index (χ1n) is 17.1. The van der Waals surface area contributed by atoms with Crippen LogP contribution >= 0.6 is 0 Å². The van der Waals surface area contributed by atoms with E-state index in [1.165, 1.54) is 13.0 Å². The number of hydrogen-bond donors (Lipinski definition) is 5. The molecule has 264 valence electrons. The van der Waals surface area contributed by atoms with E-state index in [1.807, 2.05) is 48.5 Å². The third-order valence-electron chi connectivity index (χ3n) is 11.9. The van der Waals surface area contributed by atoms with Gasteiger partial charge in [0.25, 0.3) is 0 Å². The Labute approximate surface area is 294 Å². The molecule has 0 heterocycles. The van der Waals surface area contributed by atoms with Gasteiger partial charge >= 0.3 is 5.97 Å². The van der Waals surface area contributed by atoms with Gasteiger partial charge in [0, 0.05) is 34.3 Å². The number of ether oxygens (including phenoxy) is 1. The van der Waals surface area contributed by atoms with Gasteiger partial charge in [-0.3, -0.25) is 19.2 Å². The van der Waals surface area contributed by atoms with Crippen molar-refractivity contribution in [2.24, 2.45) is 23.2 Å². The first-order chi connectivity index (χ1) is 24.1. The molecule has 1 saturated carbocycles. The molecule has 7 rings (SSSR count). The molecular weight excluding hydrogens is 652 g/mol. The first-order valence-corrected chi connectivity index (χ1v) is 17.1. The predicted octanol–water partition coefficient (Wildman–Crippen LogP) is 5.23. The quantitative estimate of drug-likeness (QED) is 0.170. The van der Waals surface area contributed by atoms with Crippen molar-refractivity contribution in [3.63, 3.8) is 0 Å². The normalized spacial score (nSPS) is 28.2. The van der Waals surface area contributed by atoms with Crippen molar-refractivity contribution in [2.45, 2.75) is 64.6 Å². The Morgan fingerprint density at radius 2 is 1.49 bits per heavy atom. The molecule has 0 aliphatic heterocycles. The highest BCUT2D eigenvalue weighted by Gasteiger charge is 2.74. The van der Waals surface area contributed by atoms with Crippen molar-refractivity contribution < 1.29 is 49.4 Å². The summed E-state index contributed by atoms with van der Waals surface area (Å²) in [5.41, 5.74) is -1.59. The lowest BCUT2D eigenvalue weighted by Crippen LogP contribution is -2.73. The van der Waals surface area contributed by atoms with Crippen LogP contribution in [0.25, 0.3) is 16.9 Å². The third-order valence-corrected chi connectivity index (χ3v) is 11.9. The number of phenols is 1. The van der Waals surface area contributed by atoms with E-state index in [9.17, 15) is 44.7 Å². The Bertz CT molecular complexity index is 2080. The fourth-order valence-corrected chi connectivity index (χ4v) is 9.53. The molecule has 0 amide bonds. The highest BCUT2D eigenvalue weighted by molar-refractivity contribution is 6.24. The number of fused-ring (bicyclic) bond motifs is 6. The number of Topliss-reactive ketones (excluding diaryl/α,β-unsaturated/α-hetero) is 3. The highest BCUT2D eigenvalue weighted by Crippen LogP contribution is 2.63. The Morgan fingerprint density at radius 1 is 0.902 bits per heavy atom. The Morgan fingerprint density at radius 3 is 2.06 bits per heavy atom. The second-order valence-electron chi connectivity index (χ2n) is 14.8. The average Bonchev–Trinajstić information content (AvgIpc) is 3.40. The number of phenolic OH excluding ortho intramolecular Hbond substituents is 1. The lowest BCUT2D eigenvalue weighted by molar-refractivity contribution is -0.203. The molecule has 0 aromatic heterocycles. The van der Waals surface area contributed by atoms with Crippen molar-refractivity contribution in [3.05, 3.63) is 105 Å². The molecule has 0 saturated heterocycles. The maximum atomic E-state index is 14.5. The molecule has 1 unspecified atom stereocenters. The number of ketones is 3. The standard InChI is InChI=1S/C41H40O10/c1-18(2)33-36(46)30(20(4)42)38(48)41(50)39(49)32-29(37(47)40(33,41)5)19(3)22-15-14-21(34(44)31(22)35(32)45)16-28(43)51-17-27-25-12-8-6-10-23(25)24-11-7-9-13-26(24)27/h6-15,18-19,27,29,33,37,44-45,47-48,50H,16-17H2,1-5H3/t19-,29+,33?,37-,40+,41+/m1/s1. The van der Waals surface area contributed by atoms with Crippen LogP contribution in [0.5, 0.6) is 5.75 Å². The summed E-state index contributed by atoms with van der Waals surface area (Å²) in [6.45, 7) is 7.43. The molecule has 1 fully saturated rings. The minimum atomic E-state index is -2.96. The molecular formula is C41H40O10. The topological polar surface area (TPSA) is 179 Å². The van der Waals surface area contributed by atoms with Crippen LogP contribution in [0.4, 0.5) is 0 Å². The summed E-state index contributed by atoms with van der Waals surface area (Å²) >= 11 is 0. The second-order valence-corrected chi connectivity index (χ2v) is 14.8. The van der Waals surface area contributed by atoms with E-state index in [4.69, 9.17) is 4.74 Å². The summed E-state index contributed by atoms with van der Waals surface area (Å²) in [6.07, 6.45) is -2.03. The molecule has 4 aliphatic rings. The molecule has 3 aromatic rings. The van der Waals surface area contributed by atoms with Gasteiger partial charge in [0.15, 0.2) is 17.2 Å². The van der Waals surface area contributed by atoms with Crippen LogP contribution in [-0.2, 0) is 30.3 Å². The van der Waals surface area contributed by atoms with Crippen molar-refractivity contribution in [3.8, 4) is 16.9 Å². The van der Waals surface area contributed by atoms with Gasteiger partial charge in [-0.15, -0.1) is 0 Å². The number of aromatic hydroxyl groups is 1. The van der Waals surface area contributed by atoms with Crippen LogP contribution in [0.3, 0.4) is 0 Å². The van der Waals surface area contributed by atoms with Crippen LogP contribution in [0.1, 0.15) is 74.3 Å². The molecule has 5 N–H and O–H groups in total. The number of carbonyl (C=O) groups excluding carboxylic acids is 4. The van der Waals surface area contributed by atoms with E-state index >= 15 is 0 Å². The Balaban J connectivity index is 1.24. The van der Waals surface area contributed by atoms with E-state index in [1.54, 1.807) is 26.8 Å². The Kier molecular flexibility index (Phi) is 7.92. The molecule has 10 nitrogen and oxygen atoms in total. The summed E-state index contributed by atoms with van der Waals surface area (Å²) in [6, 6.07) is 19.0.